The topological polar surface area (TPSA) is 82.1 Å². The van der Waals surface area contributed by atoms with E-state index >= 15 is 0 Å². The molecule has 2 aromatic rings. The third kappa shape index (κ3) is 4.94. The highest BCUT2D eigenvalue weighted by Crippen LogP contribution is 2.35. The first-order chi connectivity index (χ1) is 14.4. The largest absolute Gasteiger partial charge is 0.497 e. The maximum atomic E-state index is 13.3. The van der Waals surface area contributed by atoms with E-state index in [1.165, 1.54) is 25.2 Å². The van der Waals surface area contributed by atoms with Crippen LogP contribution in [0, 0.1) is 0 Å². The molecule has 0 aromatic heterocycles. The lowest BCUT2D eigenvalue weighted by molar-refractivity contribution is -0.118. The molecule has 0 bridgehead atoms. The van der Waals surface area contributed by atoms with Gasteiger partial charge in [-0.15, -0.1) is 0 Å². The first-order valence-corrected chi connectivity index (χ1v) is 11.2. The van der Waals surface area contributed by atoms with E-state index in [2.05, 4.69) is 0 Å². The molecular weight excluding hydrogens is 406 g/mol. The predicted molar refractivity (Wildman–Crippen MR) is 115 cm³/mol. The average molecular weight is 432 g/mol. The van der Waals surface area contributed by atoms with E-state index in [1.54, 1.807) is 18.2 Å². The molecule has 0 saturated heterocycles. The zero-order valence-corrected chi connectivity index (χ0v) is 18.0. The Bertz CT molecular complexity index is 1030. The van der Waals surface area contributed by atoms with Crippen LogP contribution in [0.1, 0.15) is 12.5 Å². The van der Waals surface area contributed by atoms with E-state index in [0.29, 0.717) is 23.8 Å². The van der Waals surface area contributed by atoms with Gasteiger partial charge in [-0.2, -0.15) is 0 Å². The normalized spacial score (nSPS) is 16.8. The van der Waals surface area contributed by atoms with Gasteiger partial charge in [-0.25, -0.2) is 8.42 Å². The van der Waals surface area contributed by atoms with Crippen molar-refractivity contribution >= 4 is 21.4 Å². The number of amides is 1. The summed E-state index contributed by atoms with van der Waals surface area (Å²) in [6, 6.07) is 11.7. The molecule has 0 saturated carbocycles. The standard InChI is InChI=1S/C22H25NO6S/c1-4-29-18-7-5-16(6-8-18)13-22(24)23(17-11-12-30(25,26)15-17)20-10-9-19(27-2)14-21(20)28-3/h5-12,14,17H,4,13,15H2,1-3H3/t17-/m1/s1. The van der Waals surface area contributed by atoms with Gasteiger partial charge in [0.15, 0.2) is 9.84 Å². The van der Waals surface area contributed by atoms with Crippen LogP contribution in [-0.4, -0.2) is 46.9 Å². The first kappa shape index (κ1) is 21.7. The van der Waals surface area contributed by atoms with Crippen molar-refractivity contribution in [2.24, 2.45) is 0 Å². The molecule has 7 nitrogen and oxygen atoms in total. The number of hydrogen-bond donors (Lipinski definition) is 0. The van der Waals surface area contributed by atoms with Crippen LogP contribution in [-0.2, 0) is 21.1 Å². The highest BCUT2D eigenvalue weighted by atomic mass is 32.2. The van der Waals surface area contributed by atoms with Crippen LogP contribution in [0.4, 0.5) is 5.69 Å². The molecule has 0 spiro atoms. The van der Waals surface area contributed by atoms with Crippen molar-refractivity contribution in [2.45, 2.75) is 19.4 Å². The van der Waals surface area contributed by atoms with Crippen molar-refractivity contribution in [2.75, 3.05) is 31.5 Å². The van der Waals surface area contributed by atoms with Gasteiger partial charge in [0.2, 0.25) is 5.91 Å². The number of rotatable bonds is 8. The van der Waals surface area contributed by atoms with Crippen LogP contribution in [0.5, 0.6) is 17.2 Å². The molecule has 0 N–H and O–H groups in total. The van der Waals surface area contributed by atoms with Gasteiger partial charge in [0.05, 0.1) is 44.7 Å². The Balaban J connectivity index is 1.94. The monoisotopic (exact) mass is 431 g/mol. The van der Waals surface area contributed by atoms with Crippen molar-refractivity contribution in [3.63, 3.8) is 0 Å². The number of sulfone groups is 1. The summed E-state index contributed by atoms with van der Waals surface area (Å²) in [6.07, 6.45) is 1.64. The number of ether oxygens (including phenoxy) is 3. The summed E-state index contributed by atoms with van der Waals surface area (Å²) in [5.74, 6) is 1.31. The van der Waals surface area contributed by atoms with Crippen molar-refractivity contribution in [3.8, 4) is 17.2 Å². The Morgan fingerprint density at radius 3 is 2.33 bits per heavy atom. The molecule has 160 valence electrons. The second-order valence-electron chi connectivity index (χ2n) is 6.78. The van der Waals surface area contributed by atoms with Gasteiger partial charge in [-0.1, -0.05) is 12.1 Å². The second kappa shape index (κ2) is 9.21. The number of methoxy groups -OCH3 is 2. The minimum absolute atomic E-state index is 0.103. The molecule has 0 fully saturated rings. The Morgan fingerprint density at radius 2 is 1.77 bits per heavy atom. The molecule has 1 atom stereocenters. The molecule has 1 heterocycles. The van der Waals surface area contributed by atoms with Gasteiger partial charge >= 0.3 is 0 Å². The fraction of sp³-hybridized carbons (Fsp3) is 0.318. The summed E-state index contributed by atoms with van der Waals surface area (Å²) >= 11 is 0. The lowest BCUT2D eigenvalue weighted by Gasteiger charge is -2.29. The quantitative estimate of drug-likeness (QED) is 0.639. The van der Waals surface area contributed by atoms with E-state index in [-0.39, 0.29) is 18.1 Å². The smallest absolute Gasteiger partial charge is 0.232 e. The molecule has 1 aliphatic rings. The fourth-order valence-corrected chi connectivity index (χ4v) is 4.60. The van der Waals surface area contributed by atoms with Crippen LogP contribution < -0.4 is 19.1 Å². The lowest BCUT2D eigenvalue weighted by Crippen LogP contribution is -2.42. The molecule has 3 rings (SSSR count). The van der Waals surface area contributed by atoms with Crippen molar-refractivity contribution < 1.29 is 27.4 Å². The molecule has 1 aliphatic heterocycles. The van der Waals surface area contributed by atoms with Gasteiger partial charge in [0, 0.05) is 11.5 Å². The van der Waals surface area contributed by atoms with Crippen LogP contribution in [0.25, 0.3) is 0 Å². The molecule has 2 aromatic carbocycles. The Hall–Kier alpha value is -3.00. The van der Waals surface area contributed by atoms with Gasteiger partial charge in [0.25, 0.3) is 0 Å². The Morgan fingerprint density at radius 1 is 1.07 bits per heavy atom. The number of carbonyl (C=O) groups excluding carboxylic acids is 1. The highest BCUT2D eigenvalue weighted by molar-refractivity contribution is 7.94. The van der Waals surface area contributed by atoms with Gasteiger partial charge in [-0.3, -0.25) is 4.79 Å². The predicted octanol–water partition coefficient (Wildman–Crippen LogP) is 2.99. The number of hydrogen-bond acceptors (Lipinski definition) is 6. The van der Waals surface area contributed by atoms with Crippen LogP contribution in [0.3, 0.4) is 0 Å². The van der Waals surface area contributed by atoms with Crippen molar-refractivity contribution in [1.82, 2.24) is 0 Å². The summed E-state index contributed by atoms with van der Waals surface area (Å²) < 4.78 is 40.2. The first-order valence-electron chi connectivity index (χ1n) is 9.53. The third-order valence-electron chi connectivity index (χ3n) is 4.75. The zero-order chi connectivity index (χ0) is 21.7. The van der Waals surface area contributed by atoms with Crippen LogP contribution >= 0.6 is 0 Å². The zero-order valence-electron chi connectivity index (χ0n) is 17.2. The summed E-state index contributed by atoms with van der Waals surface area (Å²) in [5.41, 5.74) is 1.28. The summed E-state index contributed by atoms with van der Waals surface area (Å²) in [5, 5.41) is 1.16. The van der Waals surface area contributed by atoms with E-state index in [0.717, 1.165) is 16.7 Å². The average Bonchev–Trinajstić information content (AvgIpc) is 3.09. The van der Waals surface area contributed by atoms with Gasteiger partial charge < -0.3 is 19.1 Å². The van der Waals surface area contributed by atoms with Gasteiger partial charge in [0.1, 0.15) is 17.2 Å². The van der Waals surface area contributed by atoms with Crippen LogP contribution in [0.2, 0.25) is 0 Å². The van der Waals surface area contributed by atoms with Crippen molar-refractivity contribution in [1.29, 1.82) is 0 Å². The van der Waals surface area contributed by atoms with Crippen molar-refractivity contribution in [3.05, 3.63) is 59.5 Å². The highest BCUT2D eigenvalue weighted by Gasteiger charge is 2.33. The number of carbonyl (C=O) groups is 1. The SMILES string of the molecule is CCOc1ccc(CC(=O)N(c2ccc(OC)cc2OC)[C@@H]2C=CS(=O)(=O)C2)cc1. The van der Waals surface area contributed by atoms with E-state index < -0.39 is 15.9 Å². The molecule has 8 heteroatoms. The fourth-order valence-electron chi connectivity index (χ4n) is 3.33. The summed E-state index contributed by atoms with van der Waals surface area (Å²) in [7, 11) is -0.324. The number of benzene rings is 2. The molecule has 0 unspecified atom stereocenters. The Kier molecular flexibility index (Phi) is 6.66. The van der Waals surface area contributed by atoms with Gasteiger partial charge in [-0.05, 0) is 42.8 Å². The molecule has 0 radical (unpaired) electrons. The summed E-state index contributed by atoms with van der Waals surface area (Å²) in [6.45, 7) is 2.46. The molecule has 30 heavy (non-hydrogen) atoms. The van der Waals surface area contributed by atoms with Crippen LogP contribution in [0.15, 0.2) is 53.9 Å². The maximum absolute atomic E-state index is 13.3. The minimum Gasteiger partial charge on any atom is -0.497 e. The molecule has 0 aliphatic carbocycles. The minimum atomic E-state index is -3.36. The molecule has 1 amide bonds. The Labute approximate surface area is 176 Å². The number of anilines is 1. The van der Waals surface area contributed by atoms with E-state index in [9.17, 15) is 13.2 Å². The second-order valence-corrected chi connectivity index (χ2v) is 8.71. The summed E-state index contributed by atoms with van der Waals surface area (Å²) in [4.78, 5) is 14.8. The number of nitrogens with zero attached hydrogens (tertiary/aromatic N) is 1. The third-order valence-corrected chi connectivity index (χ3v) is 6.13. The van der Waals surface area contributed by atoms with E-state index in [4.69, 9.17) is 14.2 Å². The van der Waals surface area contributed by atoms with E-state index in [1.807, 2.05) is 31.2 Å². The maximum Gasteiger partial charge on any atom is 0.232 e. The molecular formula is C22H25NO6S. The lowest BCUT2D eigenvalue weighted by atomic mass is 10.1.